The first-order valence-corrected chi connectivity index (χ1v) is 6.38. The predicted molar refractivity (Wildman–Crippen MR) is 69.3 cm³/mol. The number of fused-ring (bicyclic) bond motifs is 1. The van der Waals surface area contributed by atoms with Crippen LogP contribution in [-0.2, 0) is 6.42 Å². The van der Waals surface area contributed by atoms with E-state index in [2.05, 4.69) is 29.7 Å². The van der Waals surface area contributed by atoms with E-state index in [4.69, 9.17) is 10.7 Å². The first-order chi connectivity index (χ1) is 8.15. The van der Waals surface area contributed by atoms with Crippen LogP contribution in [0.3, 0.4) is 0 Å². The Hall–Kier alpha value is -1.35. The topological polar surface area (TPSA) is 43.3 Å². The molecule has 1 unspecified atom stereocenters. The second-order valence-electron chi connectivity index (χ2n) is 5.30. The Morgan fingerprint density at radius 3 is 2.88 bits per heavy atom. The normalized spacial score (nSPS) is 17.6. The fraction of sp³-hybridized carbons (Fsp3) is 0.500. The zero-order chi connectivity index (χ0) is 12.0. The minimum atomic E-state index is 0.210. The number of nitrogens with two attached hydrogens (primary N) is 1. The number of rotatable bonds is 3. The molecule has 1 aliphatic rings. The summed E-state index contributed by atoms with van der Waals surface area (Å²) in [6.07, 6.45) is 5.72. The van der Waals surface area contributed by atoms with E-state index >= 15 is 0 Å². The fourth-order valence-corrected chi connectivity index (χ4v) is 2.43. The predicted octanol–water partition coefficient (Wildman–Crippen LogP) is 2.41. The molecule has 2 aromatic rings. The average Bonchev–Trinajstić information content (AvgIpc) is 3.04. The maximum atomic E-state index is 5.86. The molecule has 90 valence electrons. The summed E-state index contributed by atoms with van der Waals surface area (Å²) in [4.78, 5) is 4.70. The van der Waals surface area contributed by atoms with Crippen molar-refractivity contribution >= 4 is 5.52 Å². The molecule has 0 bridgehead atoms. The van der Waals surface area contributed by atoms with Crippen LogP contribution in [0.4, 0.5) is 0 Å². The molecule has 0 radical (unpaired) electrons. The van der Waals surface area contributed by atoms with E-state index in [9.17, 15) is 0 Å². The highest BCUT2D eigenvalue weighted by atomic mass is 15.0. The van der Waals surface area contributed by atoms with E-state index < -0.39 is 0 Å². The molecule has 0 saturated heterocycles. The van der Waals surface area contributed by atoms with Gasteiger partial charge in [0.2, 0.25) is 0 Å². The minimum Gasteiger partial charge on any atom is -0.328 e. The van der Waals surface area contributed by atoms with E-state index in [0.717, 1.165) is 12.1 Å². The van der Waals surface area contributed by atoms with Gasteiger partial charge in [-0.25, -0.2) is 4.98 Å². The van der Waals surface area contributed by atoms with Gasteiger partial charge in [-0.3, -0.25) is 0 Å². The lowest BCUT2D eigenvalue weighted by atomic mass is 10.1. The van der Waals surface area contributed by atoms with Gasteiger partial charge in [0.1, 0.15) is 5.82 Å². The van der Waals surface area contributed by atoms with Gasteiger partial charge < -0.3 is 10.1 Å². The van der Waals surface area contributed by atoms with Crippen LogP contribution < -0.4 is 5.73 Å². The Balaban J connectivity index is 2.09. The van der Waals surface area contributed by atoms with E-state index in [1.165, 1.54) is 29.7 Å². The molecule has 1 fully saturated rings. The second-order valence-corrected chi connectivity index (χ2v) is 5.30. The molecular formula is C14H19N3. The summed E-state index contributed by atoms with van der Waals surface area (Å²) in [5.74, 6) is 1.92. The Kier molecular flexibility index (Phi) is 2.44. The Morgan fingerprint density at radius 1 is 1.47 bits per heavy atom. The molecule has 1 saturated carbocycles. The SMILES string of the molecule is Cc1nc(C2CC2)n2cc(CC(C)N)ccc12. The maximum Gasteiger partial charge on any atom is 0.116 e. The fourth-order valence-electron chi connectivity index (χ4n) is 2.43. The Labute approximate surface area is 102 Å². The summed E-state index contributed by atoms with van der Waals surface area (Å²) >= 11 is 0. The van der Waals surface area contributed by atoms with Crippen LogP contribution in [0, 0.1) is 6.92 Å². The molecule has 3 heteroatoms. The molecule has 2 aromatic heterocycles. The van der Waals surface area contributed by atoms with Crippen LogP contribution in [0.2, 0.25) is 0 Å². The van der Waals surface area contributed by atoms with Gasteiger partial charge in [0.15, 0.2) is 0 Å². The van der Waals surface area contributed by atoms with Gasteiger partial charge in [-0.2, -0.15) is 0 Å². The van der Waals surface area contributed by atoms with Gasteiger partial charge in [-0.15, -0.1) is 0 Å². The van der Waals surface area contributed by atoms with Gasteiger partial charge >= 0.3 is 0 Å². The van der Waals surface area contributed by atoms with Crippen molar-refractivity contribution in [3.63, 3.8) is 0 Å². The van der Waals surface area contributed by atoms with E-state index in [1.807, 2.05) is 6.92 Å². The molecule has 1 aliphatic carbocycles. The molecule has 2 heterocycles. The highest BCUT2D eigenvalue weighted by Gasteiger charge is 2.28. The first-order valence-electron chi connectivity index (χ1n) is 6.38. The number of imidazole rings is 1. The van der Waals surface area contributed by atoms with Crippen LogP contribution in [0.1, 0.15) is 42.8 Å². The molecule has 0 aliphatic heterocycles. The summed E-state index contributed by atoms with van der Waals surface area (Å²) in [5.41, 5.74) is 9.53. The van der Waals surface area contributed by atoms with Crippen LogP contribution in [0.5, 0.6) is 0 Å². The number of nitrogens with zero attached hydrogens (tertiary/aromatic N) is 2. The molecule has 0 amide bonds. The molecule has 0 spiro atoms. The van der Waals surface area contributed by atoms with Crippen molar-refractivity contribution in [2.24, 2.45) is 5.73 Å². The summed E-state index contributed by atoms with van der Waals surface area (Å²) in [6, 6.07) is 4.55. The number of pyridine rings is 1. The molecule has 3 rings (SSSR count). The van der Waals surface area contributed by atoms with Crippen molar-refractivity contribution in [2.75, 3.05) is 0 Å². The third-order valence-electron chi connectivity index (χ3n) is 3.41. The Bertz CT molecular complexity index is 550. The lowest BCUT2D eigenvalue weighted by molar-refractivity contribution is 0.733. The molecule has 3 nitrogen and oxygen atoms in total. The van der Waals surface area contributed by atoms with E-state index in [1.54, 1.807) is 0 Å². The molecule has 0 aromatic carbocycles. The monoisotopic (exact) mass is 229 g/mol. The minimum absolute atomic E-state index is 0.210. The summed E-state index contributed by atoms with van der Waals surface area (Å²) in [6.45, 7) is 4.14. The standard InChI is InChI=1S/C14H19N3/c1-9(15)7-11-3-6-13-10(2)16-14(12-4-5-12)17(13)8-11/h3,6,8-9,12H,4-5,7,15H2,1-2H3. The van der Waals surface area contributed by atoms with E-state index in [0.29, 0.717) is 5.92 Å². The molecule has 2 N–H and O–H groups in total. The summed E-state index contributed by atoms with van der Waals surface area (Å²) in [5, 5.41) is 0. The van der Waals surface area contributed by atoms with Crippen LogP contribution >= 0.6 is 0 Å². The number of hydrogen-bond donors (Lipinski definition) is 1. The van der Waals surface area contributed by atoms with Gasteiger partial charge in [-0.1, -0.05) is 6.07 Å². The Morgan fingerprint density at radius 2 is 2.24 bits per heavy atom. The average molecular weight is 229 g/mol. The van der Waals surface area contributed by atoms with Crippen molar-refractivity contribution in [1.82, 2.24) is 9.38 Å². The van der Waals surface area contributed by atoms with Gasteiger partial charge in [-0.05, 0) is 44.7 Å². The van der Waals surface area contributed by atoms with Crippen molar-refractivity contribution < 1.29 is 0 Å². The van der Waals surface area contributed by atoms with Gasteiger partial charge in [0.05, 0.1) is 11.2 Å². The zero-order valence-electron chi connectivity index (χ0n) is 10.5. The van der Waals surface area contributed by atoms with Crippen molar-refractivity contribution in [3.05, 3.63) is 35.4 Å². The maximum absolute atomic E-state index is 5.86. The van der Waals surface area contributed by atoms with Crippen molar-refractivity contribution in [3.8, 4) is 0 Å². The van der Waals surface area contributed by atoms with Crippen molar-refractivity contribution in [2.45, 2.75) is 45.1 Å². The molecule has 17 heavy (non-hydrogen) atoms. The third-order valence-corrected chi connectivity index (χ3v) is 3.41. The van der Waals surface area contributed by atoms with Crippen LogP contribution in [-0.4, -0.2) is 15.4 Å². The molecule has 1 atom stereocenters. The van der Waals surface area contributed by atoms with Crippen LogP contribution in [0.25, 0.3) is 5.52 Å². The third kappa shape index (κ3) is 1.95. The van der Waals surface area contributed by atoms with Crippen molar-refractivity contribution in [1.29, 1.82) is 0 Å². The lowest BCUT2D eigenvalue weighted by Gasteiger charge is -2.07. The number of aromatic nitrogens is 2. The second kappa shape index (κ2) is 3.84. The smallest absolute Gasteiger partial charge is 0.116 e. The van der Waals surface area contributed by atoms with Crippen LogP contribution in [0.15, 0.2) is 18.3 Å². The van der Waals surface area contributed by atoms with E-state index in [-0.39, 0.29) is 6.04 Å². The highest BCUT2D eigenvalue weighted by molar-refractivity contribution is 5.54. The largest absolute Gasteiger partial charge is 0.328 e. The lowest BCUT2D eigenvalue weighted by Crippen LogP contribution is -2.18. The number of hydrogen-bond acceptors (Lipinski definition) is 2. The number of aryl methyl sites for hydroxylation is 1. The van der Waals surface area contributed by atoms with Gasteiger partial charge in [0, 0.05) is 18.2 Å². The highest BCUT2D eigenvalue weighted by Crippen LogP contribution is 2.40. The quantitative estimate of drug-likeness (QED) is 0.878. The van der Waals surface area contributed by atoms with Gasteiger partial charge in [0.25, 0.3) is 0 Å². The summed E-state index contributed by atoms with van der Waals surface area (Å²) < 4.78 is 2.27. The summed E-state index contributed by atoms with van der Waals surface area (Å²) in [7, 11) is 0. The molecular weight excluding hydrogens is 210 g/mol. The first kappa shape index (κ1) is 10.8. The zero-order valence-corrected chi connectivity index (χ0v) is 10.5.